The summed E-state index contributed by atoms with van der Waals surface area (Å²) < 4.78 is 0. The lowest BCUT2D eigenvalue weighted by Gasteiger charge is -2.48. The van der Waals surface area contributed by atoms with Crippen molar-refractivity contribution in [2.45, 2.75) is 91.9 Å². The van der Waals surface area contributed by atoms with Gasteiger partial charge in [-0.2, -0.15) is 0 Å². The van der Waals surface area contributed by atoms with Crippen molar-refractivity contribution in [3.63, 3.8) is 0 Å². The van der Waals surface area contributed by atoms with Crippen molar-refractivity contribution in [2.24, 2.45) is 5.41 Å². The monoisotopic (exact) mass is 360 g/mol. The van der Waals surface area contributed by atoms with Crippen LogP contribution in [-0.4, -0.2) is 0 Å². The molecule has 0 aromatic heterocycles. The third-order valence-corrected chi connectivity index (χ3v) is 8.93. The van der Waals surface area contributed by atoms with Crippen LogP contribution in [0.15, 0.2) is 24.3 Å². The minimum Gasteiger partial charge on any atom is -0.0579 e. The molecule has 0 nitrogen and oxygen atoms in total. The van der Waals surface area contributed by atoms with Gasteiger partial charge in [-0.25, -0.2) is 0 Å². The van der Waals surface area contributed by atoms with E-state index in [1.165, 1.54) is 28.7 Å². The van der Waals surface area contributed by atoms with E-state index in [4.69, 9.17) is 0 Å². The topological polar surface area (TPSA) is 0 Å². The molecule has 27 heavy (non-hydrogen) atoms. The summed E-state index contributed by atoms with van der Waals surface area (Å²) in [5.41, 5.74) is 12.6. The second-order valence-electron chi connectivity index (χ2n) is 11.2. The first kappa shape index (κ1) is 18.8. The highest BCUT2D eigenvalue weighted by Gasteiger charge is 2.66. The van der Waals surface area contributed by atoms with Crippen LogP contribution in [0.4, 0.5) is 0 Å². The van der Waals surface area contributed by atoms with Crippen LogP contribution >= 0.6 is 0 Å². The molecule has 0 radical (unpaired) electrons. The van der Waals surface area contributed by atoms with Gasteiger partial charge in [0, 0.05) is 5.41 Å². The number of hydrogen-bond donors (Lipinski definition) is 0. The largest absolute Gasteiger partial charge is 0.0579 e. The summed E-state index contributed by atoms with van der Waals surface area (Å²) in [6.07, 6.45) is 1.20. The average molecular weight is 361 g/mol. The predicted molar refractivity (Wildman–Crippen MR) is 117 cm³/mol. The summed E-state index contributed by atoms with van der Waals surface area (Å²) in [7, 11) is 0. The van der Waals surface area contributed by atoms with Crippen molar-refractivity contribution >= 4 is 0 Å². The van der Waals surface area contributed by atoms with E-state index in [2.05, 4.69) is 93.5 Å². The van der Waals surface area contributed by atoms with E-state index in [9.17, 15) is 0 Å². The quantitative estimate of drug-likeness (QED) is 0.466. The van der Waals surface area contributed by atoms with E-state index in [0.717, 1.165) is 0 Å². The zero-order valence-corrected chi connectivity index (χ0v) is 19.0. The number of hydrogen-bond acceptors (Lipinski definition) is 0. The van der Waals surface area contributed by atoms with Crippen LogP contribution in [0.1, 0.15) is 92.5 Å². The Morgan fingerprint density at radius 1 is 0.556 bits per heavy atom. The molecule has 0 amide bonds. The van der Waals surface area contributed by atoms with E-state index in [-0.39, 0.29) is 21.7 Å². The average Bonchev–Trinajstić information content (AvgIpc) is 2.84. The molecule has 4 rings (SSSR count). The second kappa shape index (κ2) is 5.07. The molecule has 0 saturated carbocycles. The molecule has 2 aliphatic carbocycles. The van der Waals surface area contributed by atoms with Crippen LogP contribution in [0.3, 0.4) is 0 Å². The van der Waals surface area contributed by atoms with Gasteiger partial charge >= 0.3 is 0 Å². The molecule has 2 aromatic carbocycles. The zero-order valence-electron chi connectivity index (χ0n) is 19.0. The number of benzene rings is 2. The molecule has 2 aliphatic rings. The van der Waals surface area contributed by atoms with Crippen LogP contribution in [-0.2, 0) is 16.2 Å². The lowest BCUT2D eigenvalue weighted by atomic mass is 9.55. The lowest BCUT2D eigenvalue weighted by Crippen LogP contribution is -2.46. The van der Waals surface area contributed by atoms with Crippen molar-refractivity contribution in [1.82, 2.24) is 0 Å². The SMILES string of the molecule is Cc1cc2c(cc1C)C1(CC2(C)C)c2cc(C)c(C)cc2C(C)(C)C1(C)C. The van der Waals surface area contributed by atoms with Gasteiger partial charge < -0.3 is 0 Å². The maximum Gasteiger partial charge on any atom is 0.0276 e. The Hall–Kier alpha value is -1.56. The molecule has 1 spiro atoms. The van der Waals surface area contributed by atoms with Crippen molar-refractivity contribution in [2.75, 3.05) is 0 Å². The van der Waals surface area contributed by atoms with Crippen molar-refractivity contribution in [3.8, 4) is 0 Å². The summed E-state index contributed by atoms with van der Waals surface area (Å²) in [5, 5.41) is 0. The van der Waals surface area contributed by atoms with E-state index >= 15 is 0 Å². The first-order chi connectivity index (χ1) is 12.3. The Bertz CT molecular complexity index is 952. The predicted octanol–water partition coefficient (Wildman–Crippen LogP) is 7.21. The molecule has 0 fully saturated rings. The highest BCUT2D eigenvalue weighted by atomic mass is 14.7. The lowest BCUT2D eigenvalue weighted by molar-refractivity contribution is 0.116. The molecule has 0 aliphatic heterocycles. The van der Waals surface area contributed by atoms with Gasteiger partial charge in [-0.3, -0.25) is 0 Å². The second-order valence-corrected chi connectivity index (χ2v) is 11.2. The first-order valence-corrected chi connectivity index (χ1v) is 10.5. The molecular weight excluding hydrogens is 324 g/mol. The number of rotatable bonds is 0. The molecular formula is C27H36. The normalized spacial score (nSPS) is 26.3. The van der Waals surface area contributed by atoms with Gasteiger partial charge in [-0.05, 0) is 94.9 Å². The molecule has 0 heterocycles. The Kier molecular flexibility index (Phi) is 3.53. The number of fused-ring (bicyclic) bond motifs is 4. The third kappa shape index (κ3) is 2.00. The maximum absolute atomic E-state index is 2.53. The molecule has 1 unspecified atom stereocenters. The Morgan fingerprint density at radius 2 is 0.926 bits per heavy atom. The van der Waals surface area contributed by atoms with Crippen LogP contribution in [0.2, 0.25) is 0 Å². The first-order valence-electron chi connectivity index (χ1n) is 10.5. The molecule has 0 N–H and O–H groups in total. The summed E-state index contributed by atoms with van der Waals surface area (Å²) in [4.78, 5) is 0. The van der Waals surface area contributed by atoms with Crippen LogP contribution in [0.5, 0.6) is 0 Å². The van der Waals surface area contributed by atoms with Crippen molar-refractivity contribution in [1.29, 1.82) is 0 Å². The molecule has 0 bridgehead atoms. The van der Waals surface area contributed by atoms with Gasteiger partial charge in [0.15, 0.2) is 0 Å². The maximum atomic E-state index is 2.53. The third-order valence-electron chi connectivity index (χ3n) is 8.93. The summed E-state index contributed by atoms with van der Waals surface area (Å²) in [6.45, 7) is 24.0. The van der Waals surface area contributed by atoms with Crippen LogP contribution in [0.25, 0.3) is 0 Å². The minimum atomic E-state index is 0.0849. The summed E-state index contributed by atoms with van der Waals surface area (Å²) in [6, 6.07) is 10.0. The Balaban J connectivity index is 2.18. The Morgan fingerprint density at radius 3 is 1.41 bits per heavy atom. The summed E-state index contributed by atoms with van der Waals surface area (Å²) in [5.74, 6) is 0. The van der Waals surface area contributed by atoms with Crippen molar-refractivity contribution in [3.05, 3.63) is 68.8 Å². The smallest absolute Gasteiger partial charge is 0.0276 e. The van der Waals surface area contributed by atoms with Crippen molar-refractivity contribution < 1.29 is 0 Å². The van der Waals surface area contributed by atoms with Gasteiger partial charge in [-0.15, -0.1) is 0 Å². The molecule has 0 heteroatoms. The molecule has 0 saturated heterocycles. The van der Waals surface area contributed by atoms with Gasteiger partial charge in [-0.1, -0.05) is 65.8 Å². The van der Waals surface area contributed by atoms with E-state index < -0.39 is 0 Å². The van der Waals surface area contributed by atoms with Crippen LogP contribution in [0, 0.1) is 33.1 Å². The van der Waals surface area contributed by atoms with Gasteiger partial charge in [0.05, 0.1) is 0 Å². The molecule has 1 atom stereocenters. The Labute approximate surface area is 166 Å². The fourth-order valence-corrected chi connectivity index (χ4v) is 6.27. The molecule has 144 valence electrons. The standard InChI is InChI=1S/C27H36/c1-16-11-20-22(13-18(16)3)27(15-24(20,5)6)23-14-19(4)17(2)12-21(23)25(7,8)26(27,9)10/h11-14H,15H2,1-10H3. The summed E-state index contributed by atoms with van der Waals surface area (Å²) >= 11 is 0. The van der Waals surface area contributed by atoms with E-state index in [0.29, 0.717) is 0 Å². The highest BCUT2D eigenvalue weighted by Crippen LogP contribution is 2.71. The van der Waals surface area contributed by atoms with E-state index in [1.54, 1.807) is 22.3 Å². The number of aryl methyl sites for hydroxylation is 4. The van der Waals surface area contributed by atoms with E-state index in [1.807, 2.05) is 0 Å². The minimum absolute atomic E-state index is 0.0849. The zero-order chi connectivity index (χ0) is 20.2. The fourth-order valence-electron chi connectivity index (χ4n) is 6.27. The van der Waals surface area contributed by atoms with Crippen LogP contribution < -0.4 is 0 Å². The van der Waals surface area contributed by atoms with Gasteiger partial charge in [0.25, 0.3) is 0 Å². The fraction of sp³-hybridized carbons (Fsp3) is 0.556. The van der Waals surface area contributed by atoms with Gasteiger partial charge in [0.1, 0.15) is 0 Å². The van der Waals surface area contributed by atoms with Gasteiger partial charge in [0.2, 0.25) is 0 Å². The highest BCUT2D eigenvalue weighted by molar-refractivity contribution is 5.64. The molecule has 2 aromatic rings.